The highest BCUT2D eigenvalue weighted by Gasteiger charge is 2.24. The lowest BCUT2D eigenvalue weighted by Crippen LogP contribution is -2.24. The van der Waals surface area contributed by atoms with Crippen molar-refractivity contribution in [2.75, 3.05) is 19.0 Å². The average Bonchev–Trinajstić information content (AvgIpc) is 2.91. The number of aromatic hydroxyl groups is 1. The number of rotatable bonds is 4. The van der Waals surface area contributed by atoms with E-state index in [0.717, 1.165) is 6.42 Å². The smallest absolute Gasteiger partial charge is 0.312 e. The quantitative estimate of drug-likeness (QED) is 0.560. The first-order valence-corrected chi connectivity index (χ1v) is 7.31. The molecule has 0 aliphatic carbocycles. The molecular formula is C15H14FN5O3. The average molecular weight is 331 g/mol. The third-order valence-electron chi connectivity index (χ3n) is 3.82. The number of ether oxygens (including phenoxy) is 2. The summed E-state index contributed by atoms with van der Waals surface area (Å²) in [4.78, 5) is 11.9. The molecule has 1 atom stereocenters. The van der Waals surface area contributed by atoms with E-state index >= 15 is 0 Å². The summed E-state index contributed by atoms with van der Waals surface area (Å²) in [6.07, 6.45) is 1.33. The molecule has 2 N–H and O–H groups in total. The minimum atomic E-state index is -0.871. The maximum atomic E-state index is 13.9. The zero-order valence-electron chi connectivity index (χ0n) is 12.7. The van der Waals surface area contributed by atoms with Gasteiger partial charge in [0.25, 0.3) is 0 Å². The van der Waals surface area contributed by atoms with Gasteiger partial charge < -0.3 is 19.9 Å². The number of methoxy groups -OCH3 is 1. The van der Waals surface area contributed by atoms with E-state index in [1.54, 1.807) is 17.0 Å². The van der Waals surface area contributed by atoms with Gasteiger partial charge >= 0.3 is 6.08 Å². The fourth-order valence-electron chi connectivity index (χ4n) is 2.54. The number of nitrogens with one attached hydrogen (secondary N) is 1. The van der Waals surface area contributed by atoms with Crippen LogP contribution >= 0.6 is 0 Å². The van der Waals surface area contributed by atoms with Crippen molar-refractivity contribution in [2.24, 2.45) is 0 Å². The van der Waals surface area contributed by atoms with Gasteiger partial charge in [0, 0.05) is 12.5 Å². The Morgan fingerprint density at radius 1 is 1.42 bits per heavy atom. The SMILES string of the molecule is COc1cc(O)ccc1Nc1nc(F)nc2c1ncn2C1CCO1. The molecule has 1 aliphatic heterocycles. The van der Waals surface area contributed by atoms with Crippen LogP contribution in [0.4, 0.5) is 15.9 Å². The van der Waals surface area contributed by atoms with E-state index in [-0.39, 0.29) is 17.8 Å². The van der Waals surface area contributed by atoms with Gasteiger partial charge in [0.15, 0.2) is 17.0 Å². The zero-order chi connectivity index (χ0) is 16.7. The van der Waals surface area contributed by atoms with Crippen molar-refractivity contribution in [3.05, 3.63) is 30.6 Å². The molecule has 1 fully saturated rings. The third-order valence-corrected chi connectivity index (χ3v) is 3.82. The standard InChI is InChI=1S/C15H14FN5O3/c1-23-10-6-8(22)2-3-9(10)18-13-12-14(20-15(16)19-13)21(7-17-12)11-4-5-24-11/h2-3,6-7,11,22H,4-5H2,1H3,(H,18,19,20). The van der Waals surface area contributed by atoms with Crippen LogP contribution < -0.4 is 10.1 Å². The number of aromatic nitrogens is 4. The number of benzene rings is 1. The summed E-state index contributed by atoms with van der Waals surface area (Å²) in [6.45, 7) is 0.660. The lowest BCUT2D eigenvalue weighted by Gasteiger charge is -2.27. The summed E-state index contributed by atoms with van der Waals surface area (Å²) < 4.78 is 26.2. The molecule has 24 heavy (non-hydrogen) atoms. The Bertz CT molecular complexity index is 910. The van der Waals surface area contributed by atoms with Gasteiger partial charge in [-0.15, -0.1) is 0 Å². The molecule has 0 radical (unpaired) electrons. The van der Waals surface area contributed by atoms with Gasteiger partial charge in [0.2, 0.25) is 0 Å². The van der Waals surface area contributed by atoms with Gasteiger partial charge in [-0.05, 0) is 12.1 Å². The molecular weight excluding hydrogens is 317 g/mol. The van der Waals surface area contributed by atoms with E-state index in [2.05, 4.69) is 20.3 Å². The van der Waals surface area contributed by atoms with E-state index in [9.17, 15) is 9.50 Å². The molecule has 124 valence electrons. The molecule has 3 heterocycles. The van der Waals surface area contributed by atoms with Gasteiger partial charge in [-0.25, -0.2) is 4.98 Å². The highest BCUT2D eigenvalue weighted by Crippen LogP contribution is 2.33. The monoisotopic (exact) mass is 331 g/mol. The first-order valence-electron chi connectivity index (χ1n) is 7.31. The number of halogens is 1. The second kappa shape index (κ2) is 5.60. The molecule has 0 saturated carbocycles. The second-order valence-electron chi connectivity index (χ2n) is 5.29. The van der Waals surface area contributed by atoms with Crippen LogP contribution in [0.3, 0.4) is 0 Å². The summed E-state index contributed by atoms with van der Waals surface area (Å²) >= 11 is 0. The third kappa shape index (κ3) is 2.38. The van der Waals surface area contributed by atoms with Crippen LogP contribution in [0.1, 0.15) is 12.6 Å². The van der Waals surface area contributed by atoms with Crippen molar-refractivity contribution in [3.63, 3.8) is 0 Å². The first-order chi connectivity index (χ1) is 11.7. The Kier molecular flexibility index (Phi) is 3.42. The fraction of sp³-hybridized carbons (Fsp3) is 0.267. The minimum absolute atomic E-state index is 0.0582. The van der Waals surface area contributed by atoms with Crippen molar-refractivity contribution in [2.45, 2.75) is 12.6 Å². The molecule has 1 saturated heterocycles. The Morgan fingerprint density at radius 2 is 2.25 bits per heavy atom. The molecule has 8 nitrogen and oxygen atoms in total. The van der Waals surface area contributed by atoms with Crippen molar-refractivity contribution in [1.82, 2.24) is 19.5 Å². The van der Waals surface area contributed by atoms with Gasteiger partial charge in [-0.1, -0.05) is 0 Å². The van der Waals surface area contributed by atoms with Crippen LogP contribution in [0.5, 0.6) is 11.5 Å². The van der Waals surface area contributed by atoms with Crippen LogP contribution in [0, 0.1) is 6.08 Å². The second-order valence-corrected chi connectivity index (χ2v) is 5.29. The van der Waals surface area contributed by atoms with E-state index in [1.807, 2.05) is 0 Å². The Balaban J connectivity index is 1.78. The Labute approximate surface area is 135 Å². The molecule has 9 heteroatoms. The van der Waals surface area contributed by atoms with Crippen LogP contribution in [0.25, 0.3) is 11.2 Å². The molecule has 0 amide bonds. The van der Waals surface area contributed by atoms with Crippen molar-refractivity contribution < 1.29 is 19.0 Å². The Morgan fingerprint density at radius 3 is 2.96 bits per heavy atom. The number of anilines is 2. The maximum absolute atomic E-state index is 13.9. The van der Waals surface area contributed by atoms with Gasteiger partial charge in [0.1, 0.15) is 17.7 Å². The molecule has 0 spiro atoms. The summed E-state index contributed by atoms with van der Waals surface area (Å²) in [6, 6.07) is 4.53. The van der Waals surface area contributed by atoms with Crippen molar-refractivity contribution in [3.8, 4) is 11.5 Å². The molecule has 2 aromatic heterocycles. The molecule has 3 aromatic rings. The predicted octanol–water partition coefficient (Wildman–Crippen LogP) is 2.34. The normalized spacial score (nSPS) is 16.8. The van der Waals surface area contributed by atoms with Gasteiger partial charge in [-0.2, -0.15) is 14.4 Å². The maximum Gasteiger partial charge on any atom is 0.312 e. The van der Waals surface area contributed by atoms with Crippen molar-refractivity contribution >= 4 is 22.7 Å². The summed E-state index contributed by atoms with van der Waals surface area (Å²) in [7, 11) is 1.47. The van der Waals surface area contributed by atoms with Gasteiger partial charge in [0.05, 0.1) is 25.7 Å². The molecule has 1 unspecified atom stereocenters. The van der Waals surface area contributed by atoms with Gasteiger partial charge in [-0.3, -0.25) is 4.57 Å². The van der Waals surface area contributed by atoms with Crippen LogP contribution in [-0.2, 0) is 4.74 Å². The predicted molar refractivity (Wildman–Crippen MR) is 82.8 cm³/mol. The van der Waals surface area contributed by atoms with Crippen LogP contribution in [0.2, 0.25) is 0 Å². The van der Waals surface area contributed by atoms with E-state index in [1.165, 1.54) is 19.2 Å². The number of phenolic OH excluding ortho intramolecular Hbond substituents is 1. The van der Waals surface area contributed by atoms with E-state index < -0.39 is 6.08 Å². The highest BCUT2D eigenvalue weighted by molar-refractivity contribution is 5.86. The lowest BCUT2D eigenvalue weighted by atomic mass is 10.2. The molecule has 4 rings (SSSR count). The number of imidazole rings is 1. The van der Waals surface area contributed by atoms with E-state index in [4.69, 9.17) is 9.47 Å². The molecule has 0 bridgehead atoms. The van der Waals surface area contributed by atoms with Crippen LogP contribution in [0.15, 0.2) is 24.5 Å². The minimum Gasteiger partial charge on any atom is -0.508 e. The first kappa shape index (κ1) is 14.6. The van der Waals surface area contributed by atoms with E-state index in [0.29, 0.717) is 29.2 Å². The number of hydrogen-bond donors (Lipinski definition) is 2. The number of hydrogen-bond acceptors (Lipinski definition) is 7. The number of phenols is 1. The summed E-state index contributed by atoms with van der Waals surface area (Å²) in [5.74, 6) is 0.659. The zero-order valence-corrected chi connectivity index (χ0v) is 12.7. The number of fused-ring (bicyclic) bond motifs is 1. The topological polar surface area (TPSA) is 94.3 Å². The van der Waals surface area contributed by atoms with Crippen molar-refractivity contribution in [1.29, 1.82) is 0 Å². The summed E-state index contributed by atoms with van der Waals surface area (Å²) in [5, 5.41) is 12.5. The molecule has 1 aliphatic rings. The fourth-order valence-corrected chi connectivity index (χ4v) is 2.54. The van der Waals surface area contributed by atoms with Crippen LogP contribution in [-0.4, -0.2) is 38.3 Å². The highest BCUT2D eigenvalue weighted by atomic mass is 19.1. The number of nitrogens with zero attached hydrogens (tertiary/aromatic N) is 4. The Hall–Kier alpha value is -2.94. The largest absolute Gasteiger partial charge is 0.508 e. The molecule has 1 aromatic carbocycles. The summed E-state index contributed by atoms with van der Waals surface area (Å²) in [5.41, 5.74) is 1.29. The lowest BCUT2D eigenvalue weighted by molar-refractivity contribution is -0.0974.